The van der Waals surface area contributed by atoms with E-state index in [1.165, 1.54) is 6.07 Å². The fourth-order valence-corrected chi connectivity index (χ4v) is 1.82. The van der Waals surface area contributed by atoms with Crippen LogP contribution in [0.25, 0.3) is 0 Å². The Morgan fingerprint density at radius 1 is 1.37 bits per heavy atom. The molecule has 0 bridgehead atoms. The summed E-state index contributed by atoms with van der Waals surface area (Å²) in [6.07, 6.45) is -3.69. The molecule has 1 amide bonds. The third kappa shape index (κ3) is 5.61. The lowest BCUT2D eigenvalue weighted by Crippen LogP contribution is -2.19. The fraction of sp³-hybridized carbons (Fsp3) is 0.417. The summed E-state index contributed by atoms with van der Waals surface area (Å²) < 4.78 is 43.0. The molecule has 1 N–H and O–H groups in total. The van der Waals surface area contributed by atoms with Crippen molar-refractivity contribution in [3.8, 4) is 0 Å². The van der Waals surface area contributed by atoms with Gasteiger partial charge in [-0.1, -0.05) is 22.9 Å². The van der Waals surface area contributed by atoms with Gasteiger partial charge in [-0.25, -0.2) is 0 Å². The quantitative estimate of drug-likeness (QED) is 0.828. The molecule has 19 heavy (non-hydrogen) atoms. The van der Waals surface area contributed by atoms with Gasteiger partial charge in [0.1, 0.15) is 6.61 Å². The van der Waals surface area contributed by atoms with E-state index in [1.807, 2.05) is 6.92 Å². The van der Waals surface area contributed by atoms with Crippen LogP contribution >= 0.6 is 15.9 Å². The minimum absolute atomic E-state index is 0.0757. The number of rotatable bonds is 5. The van der Waals surface area contributed by atoms with Crippen LogP contribution in [0.4, 0.5) is 18.9 Å². The van der Waals surface area contributed by atoms with Crippen molar-refractivity contribution >= 4 is 27.5 Å². The van der Waals surface area contributed by atoms with Gasteiger partial charge in [0, 0.05) is 16.8 Å². The lowest BCUT2D eigenvalue weighted by Gasteiger charge is -2.11. The molecule has 0 radical (unpaired) electrons. The second-order valence-electron chi connectivity index (χ2n) is 3.83. The minimum Gasteiger partial charge on any atom is -0.372 e. The summed E-state index contributed by atoms with van der Waals surface area (Å²) in [5.41, 5.74) is -0.751. The number of alkyl halides is 3. The second kappa shape index (κ2) is 6.91. The Bertz CT molecular complexity index is 449. The number of carbonyl (C=O) groups is 1. The van der Waals surface area contributed by atoms with E-state index in [1.54, 1.807) is 0 Å². The molecule has 3 nitrogen and oxygen atoms in total. The van der Waals surface area contributed by atoms with Gasteiger partial charge in [0.25, 0.3) is 0 Å². The van der Waals surface area contributed by atoms with E-state index in [4.69, 9.17) is 4.74 Å². The molecular weight excluding hydrogens is 327 g/mol. The number of hydrogen-bond donors (Lipinski definition) is 1. The number of ether oxygens (including phenoxy) is 1. The van der Waals surface area contributed by atoms with Gasteiger partial charge in [-0.15, -0.1) is 0 Å². The maximum absolute atomic E-state index is 12.6. The molecule has 1 aromatic carbocycles. The minimum atomic E-state index is -4.46. The topological polar surface area (TPSA) is 38.3 Å². The molecule has 0 atom stereocenters. The van der Waals surface area contributed by atoms with Gasteiger partial charge in [-0.3, -0.25) is 4.79 Å². The van der Waals surface area contributed by atoms with Crippen LogP contribution < -0.4 is 5.32 Å². The van der Waals surface area contributed by atoms with E-state index < -0.39 is 17.6 Å². The SMILES string of the molecule is CCCOCC(=O)Nc1cc(Br)cc(C(F)(F)F)c1. The highest BCUT2D eigenvalue weighted by Gasteiger charge is 2.31. The summed E-state index contributed by atoms with van der Waals surface area (Å²) in [5.74, 6) is -0.486. The highest BCUT2D eigenvalue weighted by Crippen LogP contribution is 2.33. The maximum Gasteiger partial charge on any atom is 0.416 e. The Morgan fingerprint density at radius 2 is 2.05 bits per heavy atom. The van der Waals surface area contributed by atoms with E-state index in [0.717, 1.165) is 18.6 Å². The zero-order chi connectivity index (χ0) is 14.5. The van der Waals surface area contributed by atoms with E-state index in [9.17, 15) is 18.0 Å². The molecule has 0 unspecified atom stereocenters. The average molecular weight is 340 g/mol. The Balaban J connectivity index is 2.73. The summed E-state index contributed by atoms with van der Waals surface area (Å²) in [6, 6.07) is 3.22. The van der Waals surface area contributed by atoms with Crippen molar-refractivity contribution in [2.45, 2.75) is 19.5 Å². The Labute approximate surface area is 117 Å². The van der Waals surface area contributed by atoms with Crippen molar-refractivity contribution in [1.29, 1.82) is 0 Å². The van der Waals surface area contributed by atoms with E-state index in [0.29, 0.717) is 6.61 Å². The molecule has 0 heterocycles. The molecule has 0 saturated heterocycles. The van der Waals surface area contributed by atoms with Gasteiger partial charge in [-0.2, -0.15) is 13.2 Å². The number of benzene rings is 1. The van der Waals surface area contributed by atoms with Crippen molar-refractivity contribution in [3.63, 3.8) is 0 Å². The van der Waals surface area contributed by atoms with E-state index in [2.05, 4.69) is 21.2 Å². The highest BCUT2D eigenvalue weighted by atomic mass is 79.9. The Morgan fingerprint density at radius 3 is 2.63 bits per heavy atom. The van der Waals surface area contributed by atoms with Gasteiger partial charge < -0.3 is 10.1 Å². The van der Waals surface area contributed by atoms with Crippen LogP contribution in [0.1, 0.15) is 18.9 Å². The predicted molar refractivity (Wildman–Crippen MR) is 68.9 cm³/mol. The number of amides is 1. The average Bonchev–Trinajstić information content (AvgIpc) is 2.27. The highest BCUT2D eigenvalue weighted by molar-refractivity contribution is 9.10. The third-order valence-corrected chi connectivity index (χ3v) is 2.55. The van der Waals surface area contributed by atoms with Gasteiger partial charge in [0.15, 0.2) is 0 Å². The Kier molecular flexibility index (Phi) is 5.81. The largest absolute Gasteiger partial charge is 0.416 e. The molecule has 0 aromatic heterocycles. The first-order valence-electron chi connectivity index (χ1n) is 5.58. The van der Waals surface area contributed by atoms with Crippen LogP contribution in [0, 0.1) is 0 Å². The zero-order valence-electron chi connectivity index (χ0n) is 10.2. The summed E-state index contributed by atoms with van der Waals surface area (Å²) in [4.78, 5) is 11.4. The summed E-state index contributed by atoms with van der Waals surface area (Å²) in [6.45, 7) is 2.14. The zero-order valence-corrected chi connectivity index (χ0v) is 11.8. The van der Waals surface area contributed by atoms with Crippen LogP contribution in [0.5, 0.6) is 0 Å². The molecular formula is C12H13BrF3NO2. The molecule has 0 aliphatic carbocycles. The van der Waals surface area contributed by atoms with Gasteiger partial charge in [0.05, 0.1) is 5.56 Å². The van der Waals surface area contributed by atoms with Gasteiger partial charge in [0.2, 0.25) is 5.91 Å². The number of anilines is 1. The molecule has 7 heteroatoms. The maximum atomic E-state index is 12.6. The molecule has 0 saturated carbocycles. The van der Waals surface area contributed by atoms with Crippen LogP contribution in [0.3, 0.4) is 0 Å². The van der Waals surface area contributed by atoms with Crippen LogP contribution in [0.15, 0.2) is 22.7 Å². The van der Waals surface area contributed by atoms with Gasteiger partial charge >= 0.3 is 6.18 Å². The second-order valence-corrected chi connectivity index (χ2v) is 4.74. The lowest BCUT2D eigenvalue weighted by molar-refractivity contribution is -0.137. The smallest absolute Gasteiger partial charge is 0.372 e. The standard InChI is InChI=1S/C12H13BrF3NO2/c1-2-3-19-7-11(18)17-10-5-8(12(14,15)16)4-9(13)6-10/h4-6H,2-3,7H2,1H3,(H,17,18). The number of halogens is 4. The van der Waals surface area contributed by atoms with Gasteiger partial charge in [-0.05, 0) is 24.6 Å². The van der Waals surface area contributed by atoms with Crippen molar-refractivity contribution in [1.82, 2.24) is 0 Å². The predicted octanol–water partition coefficient (Wildman–Crippen LogP) is 3.83. The van der Waals surface area contributed by atoms with Crippen molar-refractivity contribution in [2.75, 3.05) is 18.5 Å². The normalized spacial score (nSPS) is 11.4. The molecule has 0 aliphatic heterocycles. The first-order chi connectivity index (χ1) is 8.82. The molecule has 106 valence electrons. The molecule has 0 aliphatic rings. The number of nitrogens with one attached hydrogen (secondary N) is 1. The van der Waals surface area contributed by atoms with Crippen LogP contribution in [-0.2, 0) is 15.7 Å². The third-order valence-electron chi connectivity index (χ3n) is 2.09. The van der Waals surface area contributed by atoms with Crippen molar-refractivity contribution < 1.29 is 22.7 Å². The first-order valence-corrected chi connectivity index (χ1v) is 6.37. The van der Waals surface area contributed by atoms with Crippen molar-refractivity contribution in [3.05, 3.63) is 28.2 Å². The molecule has 1 aromatic rings. The number of hydrogen-bond acceptors (Lipinski definition) is 2. The molecule has 1 rings (SSSR count). The first kappa shape index (κ1) is 16.0. The fourth-order valence-electron chi connectivity index (χ4n) is 1.33. The summed E-state index contributed by atoms with van der Waals surface area (Å²) >= 11 is 2.98. The van der Waals surface area contributed by atoms with Crippen LogP contribution in [-0.4, -0.2) is 19.1 Å². The monoisotopic (exact) mass is 339 g/mol. The van der Waals surface area contributed by atoms with Crippen LogP contribution in [0.2, 0.25) is 0 Å². The lowest BCUT2D eigenvalue weighted by atomic mass is 10.2. The summed E-state index contributed by atoms with van der Waals surface area (Å²) in [7, 11) is 0. The van der Waals surface area contributed by atoms with E-state index in [-0.39, 0.29) is 16.8 Å². The van der Waals surface area contributed by atoms with E-state index >= 15 is 0 Å². The number of carbonyl (C=O) groups excluding carboxylic acids is 1. The summed E-state index contributed by atoms with van der Waals surface area (Å²) in [5, 5.41) is 2.36. The molecule has 0 fully saturated rings. The molecule has 0 spiro atoms. The Hall–Kier alpha value is -1.08. The van der Waals surface area contributed by atoms with Crippen molar-refractivity contribution in [2.24, 2.45) is 0 Å².